The van der Waals surface area contributed by atoms with Crippen molar-refractivity contribution in [3.8, 4) is 0 Å². The zero-order valence-electron chi connectivity index (χ0n) is 9.71. The molecule has 0 aliphatic carbocycles. The number of nitrogens with one attached hydrogen (secondary N) is 1. The minimum Gasteiger partial charge on any atom is -0.478 e. The second-order valence-electron chi connectivity index (χ2n) is 3.74. The zero-order chi connectivity index (χ0) is 12.8. The molecule has 0 aliphatic heterocycles. The number of carbonyl (C=O) groups is 1. The van der Waals surface area contributed by atoms with Crippen molar-refractivity contribution < 1.29 is 9.90 Å². The fraction of sp³-hybridized carbons (Fsp3) is 0.154. The van der Waals surface area contributed by atoms with Crippen molar-refractivity contribution in [1.82, 2.24) is 9.97 Å². The number of pyridine rings is 2. The predicted octanol–water partition coefficient (Wildman–Crippen LogP) is 1.83. The number of nitrogens with zero attached hydrogens (tertiary/aromatic N) is 2. The summed E-state index contributed by atoms with van der Waals surface area (Å²) < 4.78 is 0. The van der Waals surface area contributed by atoms with Gasteiger partial charge < -0.3 is 10.4 Å². The quantitative estimate of drug-likeness (QED) is 0.838. The highest BCUT2D eigenvalue weighted by Crippen LogP contribution is 2.05. The van der Waals surface area contributed by atoms with Gasteiger partial charge >= 0.3 is 5.97 Å². The predicted molar refractivity (Wildman–Crippen MR) is 67.6 cm³/mol. The Kier molecular flexibility index (Phi) is 3.86. The average Bonchev–Trinajstić information content (AvgIpc) is 2.40. The summed E-state index contributed by atoms with van der Waals surface area (Å²) in [4.78, 5) is 18.9. The Labute approximate surface area is 105 Å². The molecule has 5 nitrogen and oxygen atoms in total. The van der Waals surface area contributed by atoms with Gasteiger partial charge in [-0.1, -0.05) is 6.07 Å². The van der Waals surface area contributed by atoms with E-state index < -0.39 is 5.97 Å². The number of hydrogen-bond acceptors (Lipinski definition) is 4. The van der Waals surface area contributed by atoms with E-state index in [0.717, 1.165) is 12.1 Å². The zero-order valence-corrected chi connectivity index (χ0v) is 9.71. The molecule has 2 N–H and O–H groups in total. The van der Waals surface area contributed by atoms with Gasteiger partial charge in [-0.05, 0) is 24.3 Å². The molecule has 0 aliphatic rings. The van der Waals surface area contributed by atoms with Crippen molar-refractivity contribution in [2.45, 2.75) is 6.42 Å². The van der Waals surface area contributed by atoms with E-state index >= 15 is 0 Å². The summed E-state index contributed by atoms with van der Waals surface area (Å²) in [6, 6.07) is 8.97. The maximum atomic E-state index is 10.6. The van der Waals surface area contributed by atoms with Gasteiger partial charge in [-0.15, -0.1) is 0 Å². The first-order valence-electron chi connectivity index (χ1n) is 5.59. The monoisotopic (exact) mass is 243 g/mol. The Morgan fingerprint density at radius 2 is 2.11 bits per heavy atom. The summed E-state index contributed by atoms with van der Waals surface area (Å²) in [7, 11) is 0. The summed E-state index contributed by atoms with van der Waals surface area (Å²) in [5, 5.41) is 11.8. The second kappa shape index (κ2) is 5.77. The Bertz CT molecular complexity index is 512. The highest BCUT2D eigenvalue weighted by molar-refractivity contribution is 5.87. The lowest BCUT2D eigenvalue weighted by Crippen LogP contribution is -2.07. The van der Waals surface area contributed by atoms with Crippen LogP contribution in [0.3, 0.4) is 0 Å². The molecule has 2 heterocycles. The molecule has 5 heteroatoms. The molecule has 0 radical (unpaired) electrons. The minimum atomic E-state index is -0.970. The van der Waals surface area contributed by atoms with Gasteiger partial charge in [-0.25, -0.2) is 9.78 Å². The van der Waals surface area contributed by atoms with Gasteiger partial charge in [0.15, 0.2) is 0 Å². The molecule has 2 aromatic rings. The largest absolute Gasteiger partial charge is 0.478 e. The van der Waals surface area contributed by atoms with Crippen LogP contribution in [0.25, 0.3) is 0 Å². The second-order valence-corrected chi connectivity index (χ2v) is 3.74. The number of anilines is 1. The minimum absolute atomic E-state index is 0.185. The van der Waals surface area contributed by atoms with E-state index in [1.807, 2.05) is 18.2 Å². The third kappa shape index (κ3) is 3.28. The van der Waals surface area contributed by atoms with Crippen molar-refractivity contribution in [2.24, 2.45) is 0 Å². The number of aromatic carboxylic acids is 1. The van der Waals surface area contributed by atoms with Crippen LogP contribution in [0.15, 0.2) is 42.7 Å². The number of carboxylic acid groups (broad SMARTS) is 1. The van der Waals surface area contributed by atoms with Gasteiger partial charge in [0, 0.05) is 31.1 Å². The molecule has 0 aromatic carbocycles. The summed E-state index contributed by atoms with van der Waals surface area (Å²) in [6.07, 6.45) is 3.89. The number of rotatable bonds is 5. The van der Waals surface area contributed by atoms with Crippen LogP contribution in [0.5, 0.6) is 0 Å². The van der Waals surface area contributed by atoms with Gasteiger partial charge in [0.05, 0.1) is 5.56 Å². The molecule has 2 aromatic heterocycles. The number of hydrogen-bond donors (Lipinski definition) is 2. The SMILES string of the molecule is O=C(O)c1ccc(NCCc2ccccn2)nc1. The van der Waals surface area contributed by atoms with Gasteiger partial charge in [0.2, 0.25) is 0 Å². The molecule has 18 heavy (non-hydrogen) atoms. The fourth-order valence-corrected chi connectivity index (χ4v) is 1.49. The van der Waals surface area contributed by atoms with Crippen LogP contribution in [0.4, 0.5) is 5.82 Å². The molecule has 92 valence electrons. The van der Waals surface area contributed by atoms with Crippen LogP contribution >= 0.6 is 0 Å². The Morgan fingerprint density at radius 3 is 2.72 bits per heavy atom. The Hall–Kier alpha value is -2.43. The van der Waals surface area contributed by atoms with Crippen LogP contribution < -0.4 is 5.32 Å². The van der Waals surface area contributed by atoms with Crippen molar-refractivity contribution in [3.05, 3.63) is 54.0 Å². The molecular formula is C13H13N3O2. The summed E-state index contributed by atoms with van der Waals surface area (Å²) in [5.74, 6) is -0.307. The van der Waals surface area contributed by atoms with Gasteiger partial charge in [-0.3, -0.25) is 4.98 Å². The first-order chi connectivity index (χ1) is 8.75. The summed E-state index contributed by atoms with van der Waals surface area (Å²) >= 11 is 0. The van der Waals surface area contributed by atoms with E-state index in [1.165, 1.54) is 12.3 Å². The van der Waals surface area contributed by atoms with Crippen LogP contribution in [-0.2, 0) is 6.42 Å². The topological polar surface area (TPSA) is 75.1 Å². The van der Waals surface area contributed by atoms with Gasteiger partial charge in [0.25, 0.3) is 0 Å². The van der Waals surface area contributed by atoms with E-state index in [4.69, 9.17) is 5.11 Å². The van der Waals surface area contributed by atoms with Crippen LogP contribution in [0.2, 0.25) is 0 Å². The molecule has 2 rings (SSSR count). The van der Waals surface area contributed by atoms with Gasteiger partial charge in [-0.2, -0.15) is 0 Å². The lowest BCUT2D eigenvalue weighted by Gasteiger charge is -2.05. The third-order valence-corrected chi connectivity index (χ3v) is 2.42. The molecule has 0 bridgehead atoms. The van der Waals surface area contributed by atoms with Gasteiger partial charge in [0.1, 0.15) is 5.82 Å². The molecule has 0 saturated carbocycles. The fourth-order valence-electron chi connectivity index (χ4n) is 1.49. The normalized spacial score (nSPS) is 10.0. The maximum Gasteiger partial charge on any atom is 0.337 e. The van der Waals surface area contributed by atoms with Crippen molar-refractivity contribution >= 4 is 11.8 Å². The first kappa shape index (κ1) is 12.0. The van der Waals surface area contributed by atoms with Crippen molar-refractivity contribution in [2.75, 3.05) is 11.9 Å². The molecule has 0 amide bonds. The highest BCUT2D eigenvalue weighted by Gasteiger charge is 2.02. The molecule has 0 fully saturated rings. The maximum absolute atomic E-state index is 10.6. The first-order valence-corrected chi connectivity index (χ1v) is 5.59. The van der Waals surface area contributed by atoms with E-state index in [-0.39, 0.29) is 5.56 Å². The number of carboxylic acids is 1. The molecule has 0 spiro atoms. The van der Waals surface area contributed by atoms with Crippen LogP contribution in [-0.4, -0.2) is 27.6 Å². The average molecular weight is 243 g/mol. The number of aromatic nitrogens is 2. The van der Waals surface area contributed by atoms with E-state index in [9.17, 15) is 4.79 Å². The Morgan fingerprint density at radius 1 is 1.22 bits per heavy atom. The standard InChI is InChI=1S/C13H13N3O2/c17-13(18)10-4-5-12(16-9-10)15-8-6-11-3-1-2-7-14-11/h1-5,7,9H,6,8H2,(H,15,16)(H,17,18). The molecule has 0 unspecified atom stereocenters. The summed E-state index contributed by atoms with van der Waals surface area (Å²) in [6.45, 7) is 0.705. The lowest BCUT2D eigenvalue weighted by molar-refractivity contribution is 0.0696. The summed E-state index contributed by atoms with van der Waals surface area (Å²) in [5.41, 5.74) is 1.19. The molecule has 0 saturated heterocycles. The Balaban J connectivity index is 1.85. The van der Waals surface area contributed by atoms with Crippen LogP contribution in [0, 0.1) is 0 Å². The van der Waals surface area contributed by atoms with E-state index in [0.29, 0.717) is 12.4 Å². The smallest absolute Gasteiger partial charge is 0.337 e. The van der Waals surface area contributed by atoms with Crippen LogP contribution in [0.1, 0.15) is 16.1 Å². The van der Waals surface area contributed by atoms with Crippen molar-refractivity contribution in [1.29, 1.82) is 0 Å². The molecule has 0 atom stereocenters. The van der Waals surface area contributed by atoms with Crippen molar-refractivity contribution in [3.63, 3.8) is 0 Å². The lowest BCUT2D eigenvalue weighted by atomic mass is 10.2. The van der Waals surface area contributed by atoms with E-state index in [2.05, 4.69) is 15.3 Å². The van der Waals surface area contributed by atoms with E-state index in [1.54, 1.807) is 12.3 Å². The highest BCUT2D eigenvalue weighted by atomic mass is 16.4. The third-order valence-electron chi connectivity index (χ3n) is 2.42. The molecular weight excluding hydrogens is 230 g/mol.